The molecule has 1 aliphatic rings. The lowest BCUT2D eigenvalue weighted by Crippen LogP contribution is -2.23. The van der Waals surface area contributed by atoms with Crippen molar-refractivity contribution < 1.29 is 0 Å². The number of likely N-dealkylation sites (N-methyl/N-ethyl adjacent to an activating group) is 1. The van der Waals surface area contributed by atoms with E-state index in [1.807, 2.05) is 6.92 Å². The Morgan fingerprint density at radius 1 is 1.64 bits per heavy atom. The summed E-state index contributed by atoms with van der Waals surface area (Å²) in [7, 11) is 2.15. The molecule has 1 aromatic heterocycles. The zero-order valence-electron chi connectivity index (χ0n) is 8.58. The van der Waals surface area contributed by atoms with E-state index in [0.29, 0.717) is 11.9 Å². The zero-order valence-corrected chi connectivity index (χ0v) is 9.40. The number of rotatable bonds is 2. The van der Waals surface area contributed by atoms with Crippen LogP contribution >= 0.6 is 11.5 Å². The topological polar surface area (TPSA) is 54.2 Å². The van der Waals surface area contributed by atoms with E-state index in [0.717, 1.165) is 17.1 Å². The average Bonchev–Trinajstić information content (AvgIpc) is 2.67. The Balaban J connectivity index is 2.01. The minimum absolute atomic E-state index is 0.554. The number of nitrogens with zero attached hydrogens (tertiary/aromatic N) is 2. The quantitative estimate of drug-likeness (QED) is 0.772. The van der Waals surface area contributed by atoms with Crippen molar-refractivity contribution >= 4 is 22.4 Å². The number of nitrogens with two attached hydrogens (primary N) is 1. The molecule has 3 N–H and O–H groups in total. The summed E-state index contributed by atoms with van der Waals surface area (Å²) in [6.07, 6.45) is 1.20. The highest BCUT2D eigenvalue weighted by Crippen LogP contribution is 2.27. The first-order valence-corrected chi connectivity index (χ1v) is 5.61. The van der Waals surface area contributed by atoms with Crippen LogP contribution in [0.5, 0.6) is 0 Å². The molecule has 5 heteroatoms. The van der Waals surface area contributed by atoms with E-state index >= 15 is 0 Å². The summed E-state index contributed by atoms with van der Waals surface area (Å²) in [6.45, 7) is 4.29. The second kappa shape index (κ2) is 3.74. The second-order valence-corrected chi connectivity index (χ2v) is 4.69. The maximum atomic E-state index is 5.69. The summed E-state index contributed by atoms with van der Waals surface area (Å²) in [5.41, 5.74) is 6.78. The van der Waals surface area contributed by atoms with E-state index in [2.05, 4.69) is 21.6 Å². The third-order valence-corrected chi connectivity index (χ3v) is 3.58. The summed E-state index contributed by atoms with van der Waals surface area (Å²) in [5.74, 6) is 0.656. The van der Waals surface area contributed by atoms with Crippen LogP contribution in [0.4, 0.5) is 10.8 Å². The first kappa shape index (κ1) is 9.73. The van der Waals surface area contributed by atoms with Crippen molar-refractivity contribution in [3.8, 4) is 0 Å². The highest BCUT2D eigenvalue weighted by atomic mass is 32.1. The summed E-state index contributed by atoms with van der Waals surface area (Å²) in [6, 6.07) is 0.554. The molecule has 0 aromatic carbocycles. The molecule has 2 heterocycles. The van der Waals surface area contributed by atoms with Crippen LogP contribution in [-0.2, 0) is 0 Å². The minimum Gasteiger partial charge on any atom is -0.383 e. The highest BCUT2D eigenvalue weighted by molar-refractivity contribution is 7.10. The average molecular weight is 212 g/mol. The van der Waals surface area contributed by atoms with E-state index in [-0.39, 0.29) is 0 Å². The number of nitrogens with one attached hydrogen (secondary N) is 1. The molecular formula is C9H16N4S. The molecule has 1 unspecified atom stereocenters. The molecule has 14 heavy (non-hydrogen) atoms. The highest BCUT2D eigenvalue weighted by Gasteiger charge is 2.20. The fourth-order valence-corrected chi connectivity index (χ4v) is 2.51. The molecule has 1 atom stereocenters. The van der Waals surface area contributed by atoms with E-state index in [1.165, 1.54) is 24.5 Å². The van der Waals surface area contributed by atoms with Crippen molar-refractivity contribution in [2.45, 2.75) is 19.4 Å². The third kappa shape index (κ3) is 1.83. The van der Waals surface area contributed by atoms with Crippen LogP contribution < -0.4 is 11.1 Å². The zero-order chi connectivity index (χ0) is 10.1. The number of nitrogen functional groups attached to an aromatic ring is 1. The van der Waals surface area contributed by atoms with Gasteiger partial charge in [-0.15, -0.1) is 0 Å². The predicted octanol–water partition coefficient (Wildman–Crippen LogP) is 1.15. The van der Waals surface area contributed by atoms with Crippen LogP contribution in [0.1, 0.15) is 12.0 Å². The molecule has 1 aliphatic heterocycles. The van der Waals surface area contributed by atoms with Crippen molar-refractivity contribution in [2.75, 3.05) is 31.2 Å². The van der Waals surface area contributed by atoms with Gasteiger partial charge in [0.2, 0.25) is 0 Å². The van der Waals surface area contributed by atoms with Crippen molar-refractivity contribution in [3.05, 3.63) is 5.56 Å². The molecule has 78 valence electrons. The molecule has 1 fully saturated rings. The smallest absolute Gasteiger partial charge is 0.142 e. The van der Waals surface area contributed by atoms with Gasteiger partial charge in [-0.3, -0.25) is 0 Å². The van der Waals surface area contributed by atoms with Crippen LogP contribution in [0.3, 0.4) is 0 Å². The lowest BCUT2D eigenvalue weighted by atomic mass is 10.2. The third-order valence-electron chi connectivity index (χ3n) is 2.69. The molecule has 0 aliphatic carbocycles. The molecule has 1 aromatic rings. The molecular weight excluding hydrogens is 196 g/mol. The molecule has 1 saturated heterocycles. The Kier molecular flexibility index (Phi) is 2.60. The molecule has 0 spiro atoms. The van der Waals surface area contributed by atoms with E-state index in [9.17, 15) is 0 Å². The second-order valence-electron chi connectivity index (χ2n) is 3.91. The molecule has 0 amide bonds. The maximum absolute atomic E-state index is 5.69. The Bertz CT molecular complexity index is 323. The summed E-state index contributed by atoms with van der Waals surface area (Å²) < 4.78 is 4.12. The van der Waals surface area contributed by atoms with Crippen LogP contribution in [0.25, 0.3) is 0 Å². The van der Waals surface area contributed by atoms with Gasteiger partial charge in [-0.1, -0.05) is 0 Å². The van der Waals surface area contributed by atoms with E-state index in [4.69, 9.17) is 5.73 Å². The van der Waals surface area contributed by atoms with Crippen molar-refractivity contribution in [1.29, 1.82) is 0 Å². The van der Waals surface area contributed by atoms with Gasteiger partial charge in [0.15, 0.2) is 0 Å². The van der Waals surface area contributed by atoms with Crippen LogP contribution in [0, 0.1) is 6.92 Å². The van der Waals surface area contributed by atoms with E-state index < -0.39 is 0 Å². The van der Waals surface area contributed by atoms with Gasteiger partial charge in [0.1, 0.15) is 10.8 Å². The number of hydrogen-bond donors (Lipinski definition) is 2. The molecule has 0 bridgehead atoms. The van der Waals surface area contributed by atoms with Gasteiger partial charge in [-0.05, 0) is 38.5 Å². The fraction of sp³-hybridized carbons (Fsp3) is 0.667. The minimum atomic E-state index is 0.554. The van der Waals surface area contributed by atoms with Gasteiger partial charge in [0.25, 0.3) is 0 Å². The van der Waals surface area contributed by atoms with Crippen molar-refractivity contribution in [2.24, 2.45) is 0 Å². The van der Waals surface area contributed by atoms with Gasteiger partial charge in [0, 0.05) is 18.2 Å². The van der Waals surface area contributed by atoms with Gasteiger partial charge in [-0.2, -0.15) is 4.37 Å². The summed E-state index contributed by atoms with van der Waals surface area (Å²) in [5, 5.41) is 4.62. The number of anilines is 2. The van der Waals surface area contributed by atoms with Gasteiger partial charge >= 0.3 is 0 Å². The molecule has 0 radical (unpaired) electrons. The fourth-order valence-electron chi connectivity index (χ4n) is 1.72. The molecule has 2 rings (SSSR count). The van der Waals surface area contributed by atoms with Crippen molar-refractivity contribution in [1.82, 2.24) is 9.27 Å². The number of likely N-dealkylation sites (tertiary alicyclic amines) is 1. The predicted molar refractivity (Wildman–Crippen MR) is 60.8 cm³/mol. The SMILES string of the molecule is Cc1c(N)nsc1NC1CCN(C)C1. The lowest BCUT2D eigenvalue weighted by molar-refractivity contribution is 0.414. The molecule has 0 saturated carbocycles. The Labute approximate surface area is 88.3 Å². The first-order valence-electron chi connectivity index (χ1n) is 4.83. The Morgan fingerprint density at radius 2 is 2.43 bits per heavy atom. The lowest BCUT2D eigenvalue weighted by Gasteiger charge is -2.12. The Hall–Kier alpha value is -0.810. The Morgan fingerprint density at radius 3 is 2.93 bits per heavy atom. The van der Waals surface area contributed by atoms with Crippen LogP contribution in [0.15, 0.2) is 0 Å². The normalized spacial score (nSPS) is 22.9. The van der Waals surface area contributed by atoms with Crippen LogP contribution in [0.2, 0.25) is 0 Å². The van der Waals surface area contributed by atoms with E-state index in [1.54, 1.807) is 0 Å². The largest absolute Gasteiger partial charge is 0.383 e. The number of aromatic nitrogens is 1. The van der Waals surface area contributed by atoms with Crippen molar-refractivity contribution in [3.63, 3.8) is 0 Å². The maximum Gasteiger partial charge on any atom is 0.142 e. The first-order chi connectivity index (χ1) is 6.66. The standard InChI is InChI=1S/C9H16N4S/c1-6-8(10)12-14-9(6)11-7-3-4-13(2)5-7/h7,11H,3-5H2,1-2H3,(H2,10,12). The van der Waals surface area contributed by atoms with Gasteiger partial charge in [-0.25, -0.2) is 0 Å². The van der Waals surface area contributed by atoms with Crippen LogP contribution in [-0.4, -0.2) is 35.5 Å². The summed E-state index contributed by atoms with van der Waals surface area (Å²) >= 11 is 1.46. The van der Waals surface area contributed by atoms with Gasteiger partial charge in [0.05, 0.1) is 0 Å². The molecule has 4 nitrogen and oxygen atoms in total. The van der Waals surface area contributed by atoms with Gasteiger partial charge < -0.3 is 16.0 Å². The monoisotopic (exact) mass is 212 g/mol. The summed E-state index contributed by atoms with van der Waals surface area (Å²) in [4.78, 5) is 2.33. The number of hydrogen-bond acceptors (Lipinski definition) is 5.